The summed E-state index contributed by atoms with van der Waals surface area (Å²) in [6.07, 6.45) is 1.68. The normalized spacial score (nSPS) is 11.6. The molecule has 4 nitrogen and oxygen atoms in total. The number of rotatable bonds is 6. The van der Waals surface area contributed by atoms with Crippen LogP contribution >= 0.6 is 0 Å². The van der Waals surface area contributed by atoms with E-state index in [0.29, 0.717) is 5.69 Å². The molecule has 18 heavy (non-hydrogen) atoms. The lowest BCUT2D eigenvalue weighted by molar-refractivity contribution is 0.232. The van der Waals surface area contributed by atoms with E-state index in [9.17, 15) is 0 Å². The quantitative estimate of drug-likeness (QED) is 0.829. The summed E-state index contributed by atoms with van der Waals surface area (Å²) in [7, 11) is 4.17. The first kappa shape index (κ1) is 14.6. The highest BCUT2D eigenvalue weighted by atomic mass is 15.1. The zero-order valence-corrected chi connectivity index (χ0v) is 11.7. The fraction of sp³-hybridized carbons (Fsp3) is 0.571. The number of hydrogen-bond donors (Lipinski definition) is 1. The Labute approximate surface area is 110 Å². The van der Waals surface area contributed by atoms with E-state index in [-0.39, 0.29) is 5.41 Å². The number of pyridine rings is 1. The molecule has 98 valence electrons. The molecule has 0 bridgehead atoms. The van der Waals surface area contributed by atoms with Crippen molar-refractivity contribution in [2.75, 3.05) is 27.2 Å². The Bertz CT molecular complexity index is 418. The number of hydrogen-bond acceptors (Lipinski definition) is 4. The van der Waals surface area contributed by atoms with Crippen molar-refractivity contribution in [1.29, 1.82) is 5.26 Å². The molecule has 1 aromatic rings. The third kappa shape index (κ3) is 5.26. The van der Waals surface area contributed by atoms with Crippen LogP contribution in [0.2, 0.25) is 0 Å². The molecular weight excluding hydrogens is 224 g/mol. The van der Waals surface area contributed by atoms with Gasteiger partial charge in [0.2, 0.25) is 0 Å². The number of nitriles is 1. The highest BCUT2D eigenvalue weighted by Crippen LogP contribution is 2.14. The van der Waals surface area contributed by atoms with Crippen molar-refractivity contribution in [3.8, 4) is 6.07 Å². The lowest BCUT2D eigenvalue weighted by atomic mass is 9.93. The van der Waals surface area contributed by atoms with Crippen molar-refractivity contribution >= 4 is 0 Å². The van der Waals surface area contributed by atoms with Crippen molar-refractivity contribution in [3.05, 3.63) is 29.6 Å². The van der Waals surface area contributed by atoms with Gasteiger partial charge in [0.1, 0.15) is 11.8 Å². The smallest absolute Gasteiger partial charge is 0.140 e. The van der Waals surface area contributed by atoms with E-state index in [1.165, 1.54) is 0 Å². The summed E-state index contributed by atoms with van der Waals surface area (Å²) in [4.78, 5) is 6.15. The van der Waals surface area contributed by atoms with E-state index in [1.54, 1.807) is 6.20 Å². The first-order valence-electron chi connectivity index (χ1n) is 6.13. The van der Waals surface area contributed by atoms with Gasteiger partial charge in [-0.05, 0) is 37.2 Å². The Balaban J connectivity index is 2.44. The summed E-state index contributed by atoms with van der Waals surface area (Å²) in [5, 5.41) is 12.2. The van der Waals surface area contributed by atoms with Crippen molar-refractivity contribution in [2.24, 2.45) is 5.41 Å². The van der Waals surface area contributed by atoms with E-state index >= 15 is 0 Å². The summed E-state index contributed by atoms with van der Waals surface area (Å²) in [6, 6.07) is 5.82. The van der Waals surface area contributed by atoms with Gasteiger partial charge in [0.15, 0.2) is 0 Å². The molecule has 0 spiro atoms. The standard InChI is InChI=1S/C14H22N4/c1-14(2,11-18(3)4)10-16-9-12-5-6-17-13(7-12)8-15/h5-7,16H,9-11H2,1-4H3. The fourth-order valence-corrected chi connectivity index (χ4v) is 2.10. The van der Waals surface area contributed by atoms with Crippen molar-refractivity contribution in [3.63, 3.8) is 0 Å². The van der Waals surface area contributed by atoms with Gasteiger partial charge in [-0.2, -0.15) is 5.26 Å². The highest BCUT2D eigenvalue weighted by Gasteiger charge is 2.17. The largest absolute Gasteiger partial charge is 0.312 e. The van der Waals surface area contributed by atoms with Crippen LogP contribution in [0.15, 0.2) is 18.3 Å². The van der Waals surface area contributed by atoms with Crippen LogP contribution in [0.1, 0.15) is 25.1 Å². The molecule has 0 fully saturated rings. The average molecular weight is 246 g/mol. The molecule has 0 unspecified atom stereocenters. The summed E-state index contributed by atoms with van der Waals surface area (Å²) in [6.45, 7) is 7.24. The third-order valence-corrected chi connectivity index (χ3v) is 2.62. The van der Waals surface area contributed by atoms with Gasteiger partial charge in [-0.25, -0.2) is 4.98 Å². The van der Waals surface area contributed by atoms with Gasteiger partial charge in [0.25, 0.3) is 0 Å². The van der Waals surface area contributed by atoms with E-state index in [1.807, 2.05) is 12.1 Å². The molecule has 0 saturated carbocycles. The molecule has 1 rings (SSSR count). The van der Waals surface area contributed by atoms with Crippen LogP contribution < -0.4 is 5.32 Å². The van der Waals surface area contributed by atoms with Gasteiger partial charge in [0, 0.05) is 25.8 Å². The number of aromatic nitrogens is 1. The third-order valence-electron chi connectivity index (χ3n) is 2.62. The van der Waals surface area contributed by atoms with Crippen LogP contribution in [0.4, 0.5) is 0 Å². The van der Waals surface area contributed by atoms with E-state index in [2.05, 4.69) is 49.2 Å². The predicted octanol–water partition coefficient (Wildman–Crippen LogP) is 1.63. The highest BCUT2D eigenvalue weighted by molar-refractivity contribution is 5.25. The molecular formula is C14H22N4. The lowest BCUT2D eigenvalue weighted by Gasteiger charge is -2.28. The minimum Gasteiger partial charge on any atom is -0.312 e. The van der Waals surface area contributed by atoms with Gasteiger partial charge >= 0.3 is 0 Å². The molecule has 0 saturated heterocycles. The first-order chi connectivity index (χ1) is 8.43. The van der Waals surface area contributed by atoms with Crippen LogP contribution in [0.25, 0.3) is 0 Å². The van der Waals surface area contributed by atoms with Gasteiger partial charge in [-0.3, -0.25) is 0 Å². The maximum absolute atomic E-state index is 8.78. The zero-order valence-electron chi connectivity index (χ0n) is 11.7. The maximum Gasteiger partial charge on any atom is 0.140 e. The molecule has 1 aromatic heterocycles. The van der Waals surface area contributed by atoms with Crippen molar-refractivity contribution in [2.45, 2.75) is 20.4 Å². The molecule has 0 aliphatic heterocycles. The van der Waals surface area contributed by atoms with Gasteiger partial charge in [-0.15, -0.1) is 0 Å². The molecule has 0 radical (unpaired) electrons. The maximum atomic E-state index is 8.78. The Hall–Kier alpha value is -1.44. The Morgan fingerprint density at radius 2 is 2.17 bits per heavy atom. The molecule has 0 aliphatic carbocycles. The molecule has 4 heteroatoms. The summed E-state index contributed by atoms with van der Waals surface area (Å²) in [5.74, 6) is 0. The van der Waals surface area contributed by atoms with Gasteiger partial charge < -0.3 is 10.2 Å². The summed E-state index contributed by atoms with van der Waals surface area (Å²) in [5.41, 5.74) is 1.80. The molecule has 0 amide bonds. The Morgan fingerprint density at radius 3 is 2.78 bits per heavy atom. The number of nitrogens with zero attached hydrogens (tertiary/aromatic N) is 3. The van der Waals surface area contributed by atoms with E-state index in [4.69, 9.17) is 5.26 Å². The SMILES string of the molecule is CN(C)CC(C)(C)CNCc1ccnc(C#N)c1. The summed E-state index contributed by atoms with van der Waals surface area (Å²) < 4.78 is 0. The minimum atomic E-state index is 0.231. The van der Waals surface area contributed by atoms with E-state index < -0.39 is 0 Å². The van der Waals surface area contributed by atoms with Crippen LogP contribution in [0, 0.1) is 16.7 Å². The second-order valence-corrected chi connectivity index (χ2v) is 5.67. The van der Waals surface area contributed by atoms with Gasteiger partial charge in [-0.1, -0.05) is 13.8 Å². The first-order valence-corrected chi connectivity index (χ1v) is 6.13. The van der Waals surface area contributed by atoms with Crippen molar-refractivity contribution in [1.82, 2.24) is 15.2 Å². The Kier molecular flexibility index (Phi) is 5.26. The monoisotopic (exact) mass is 246 g/mol. The van der Waals surface area contributed by atoms with Crippen LogP contribution in [0.3, 0.4) is 0 Å². The molecule has 0 atom stereocenters. The molecule has 0 aliphatic rings. The molecule has 0 aromatic carbocycles. The average Bonchev–Trinajstić information content (AvgIpc) is 2.27. The van der Waals surface area contributed by atoms with Gasteiger partial charge in [0.05, 0.1) is 0 Å². The number of nitrogens with one attached hydrogen (secondary N) is 1. The van der Waals surface area contributed by atoms with Crippen molar-refractivity contribution < 1.29 is 0 Å². The van der Waals surface area contributed by atoms with E-state index in [0.717, 1.165) is 25.2 Å². The second kappa shape index (κ2) is 6.48. The lowest BCUT2D eigenvalue weighted by Crippen LogP contribution is -2.37. The Morgan fingerprint density at radius 1 is 1.44 bits per heavy atom. The second-order valence-electron chi connectivity index (χ2n) is 5.67. The molecule has 1 N–H and O–H groups in total. The van der Waals surface area contributed by atoms with Crippen LogP contribution in [0.5, 0.6) is 0 Å². The fourth-order valence-electron chi connectivity index (χ4n) is 2.10. The van der Waals surface area contributed by atoms with Crippen LogP contribution in [-0.2, 0) is 6.54 Å². The van der Waals surface area contributed by atoms with Crippen LogP contribution in [-0.4, -0.2) is 37.1 Å². The molecule has 1 heterocycles. The topological polar surface area (TPSA) is 52.0 Å². The minimum absolute atomic E-state index is 0.231. The summed E-state index contributed by atoms with van der Waals surface area (Å²) >= 11 is 0. The predicted molar refractivity (Wildman–Crippen MR) is 73.0 cm³/mol. The zero-order chi connectivity index (χ0) is 13.6.